The van der Waals surface area contributed by atoms with Gasteiger partial charge in [0.1, 0.15) is 24.4 Å². The van der Waals surface area contributed by atoms with Gasteiger partial charge in [-0.05, 0) is 39.8 Å². The molecule has 0 aliphatic carbocycles. The highest BCUT2D eigenvalue weighted by atomic mass is 31.1. The van der Waals surface area contributed by atoms with Crippen molar-refractivity contribution < 1.29 is 28.2 Å². The first-order chi connectivity index (χ1) is 13.6. The van der Waals surface area contributed by atoms with Crippen molar-refractivity contribution in [2.75, 3.05) is 12.8 Å². The summed E-state index contributed by atoms with van der Waals surface area (Å²) in [4.78, 5) is 0. The van der Waals surface area contributed by atoms with E-state index in [-0.39, 0.29) is 24.4 Å². The first-order valence-corrected chi connectivity index (χ1v) is 11.9. The number of ether oxygens (including phenoxy) is 5. The third-order valence-corrected chi connectivity index (χ3v) is 7.68. The van der Waals surface area contributed by atoms with Gasteiger partial charge in [0, 0.05) is 5.30 Å². The molecular formula is C22H33O6P. The van der Waals surface area contributed by atoms with Gasteiger partial charge in [0.15, 0.2) is 17.9 Å². The highest BCUT2D eigenvalue weighted by molar-refractivity contribution is 7.60. The lowest BCUT2D eigenvalue weighted by molar-refractivity contribution is -0.230. The van der Waals surface area contributed by atoms with Crippen LogP contribution in [0.3, 0.4) is 0 Å². The molecule has 3 fully saturated rings. The summed E-state index contributed by atoms with van der Waals surface area (Å²) in [6, 6.07) is 10.4. The van der Waals surface area contributed by atoms with Crippen molar-refractivity contribution in [3.63, 3.8) is 0 Å². The van der Waals surface area contributed by atoms with Crippen LogP contribution in [0.1, 0.15) is 41.5 Å². The van der Waals surface area contributed by atoms with Crippen LogP contribution < -0.4 is 5.30 Å². The van der Waals surface area contributed by atoms with Crippen LogP contribution in [0, 0.1) is 5.92 Å². The lowest BCUT2D eigenvalue weighted by atomic mass is 10.1. The first-order valence-electron chi connectivity index (χ1n) is 10.5. The smallest absolute Gasteiger partial charge is 0.190 e. The molecule has 0 aromatic heterocycles. The van der Waals surface area contributed by atoms with E-state index in [0.29, 0.717) is 12.5 Å². The fourth-order valence-corrected chi connectivity index (χ4v) is 6.20. The van der Waals surface area contributed by atoms with Crippen molar-refractivity contribution in [3.8, 4) is 0 Å². The van der Waals surface area contributed by atoms with Crippen LogP contribution in [-0.2, 0) is 28.2 Å². The summed E-state index contributed by atoms with van der Waals surface area (Å²) in [7, 11) is -0.837. The third kappa shape index (κ3) is 4.85. The molecule has 1 aromatic carbocycles. The van der Waals surface area contributed by atoms with E-state index < -0.39 is 26.0 Å². The van der Waals surface area contributed by atoms with Crippen LogP contribution in [0.4, 0.5) is 0 Å². The molecule has 3 saturated heterocycles. The normalized spacial score (nSPS) is 36.4. The van der Waals surface area contributed by atoms with Gasteiger partial charge in [0.25, 0.3) is 0 Å². The molecule has 6 atom stereocenters. The van der Waals surface area contributed by atoms with Crippen LogP contribution >= 0.6 is 8.15 Å². The topological polar surface area (TPSA) is 55.4 Å². The Bertz CT molecular complexity index is 694. The van der Waals surface area contributed by atoms with E-state index in [0.717, 1.165) is 6.16 Å². The molecule has 0 N–H and O–H groups in total. The molecule has 1 unspecified atom stereocenters. The first kappa shape index (κ1) is 21.6. The molecule has 0 amide bonds. The maximum absolute atomic E-state index is 6.81. The number of benzene rings is 1. The summed E-state index contributed by atoms with van der Waals surface area (Å²) in [5.74, 6) is -0.804. The van der Waals surface area contributed by atoms with Crippen LogP contribution in [0.15, 0.2) is 30.3 Å². The minimum atomic E-state index is -0.837. The van der Waals surface area contributed by atoms with Crippen LogP contribution in [0.2, 0.25) is 0 Å². The van der Waals surface area contributed by atoms with E-state index in [9.17, 15) is 0 Å². The van der Waals surface area contributed by atoms with E-state index in [1.807, 2.05) is 33.8 Å². The summed E-state index contributed by atoms with van der Waals surface area (Å²) < 4.78 is 37.2. The second kappa shape index (κ2) is 8.16. The van der Waals surface area contributed by atoms with Crippen molar-refractivity contribution in [3.05, 3.63) is 30.3 Å². The maximum Gasteiger partial charge on any atom is 0.190 e. The fourth-order valence-electron chi connectivity index (χ4n) is 4.08. The van der Waals surface area contributed by atoms with Crippen molar-refractivity contribution in [2.45, 2.75) is 83.8 Å². The Morgan fingerprint density at radius 3 is 2.34 bits per heavy atom. The minimum Gasteiger partial charge on any atom is -0.348 e. The summed E-state index contributed by atoms with van der Waals surface area (Å²) in [6.07, 6.45) is -0.583. The van der Waals surface area contributed by atoms with Crippen LogP contribution in [0.5, 0.6) is 0 Å². The van der Waals surface area contributed by atoms with Gasteiger partial charge in [-0.2, -0.15) is 0 Å². The molecule has 3 heterocycles. The predicted molar refractivity (Wildman–Crippen MR) is 111 cm³/mol. The molecule has 29 heavy (non-hydrogen) atoms. The number of rotatable bonds is 6. The molecular weight excluding hydrogens is 391 g/mol. The monoisotopic (exact) mass is 424 g/mol. The van der Waals surface area contributed by atoms with Crippen molar-refractivity contribution in [1.29, 1.82) is 0 Å². The molecule has 0 spiro atoms. The molecule has 7 heteroatoms. The van der Waals surface area contributed by atoms with Gasteiger partial charge in [0.05, 0.1) is 14.8 Å². The predicted octanol–water partition coefficient (Wildman–Crippen LogP) is 3.78. The van der Waals surface area contributed by atoms with Crippen molar-refractivity contribution >= 4 is 13.5 Å². The van der Waals surface area contributed by atoms with Crippen LogP contribution in [-0.4, -0.2) is 55.0 Å². The number of hydrogen-bond donors (Lipinski definition) is 0. The Kier molecular flexibility index (Phi) is 6.09. The van der Waals surface area contributed by atoms with Gasteiger partial charge in [0.2, 0.25) is 0 Å². The second-order valence-corrected chi connectivity index (χ2v) is 11.1. The molecule has 3 aliphatic rings. The minimum absolute atomic E-state index is 0.220. The van der Waals surface area contributed by atoms with Gasteiger partial charge in [-0.15, -0.1) is 0 Å². The zero-order valence-corrected chi connectivity index (χ0v) is 19.1. The van der Waals surface area contributed by atoms with Gasteiger partial charge in [-0.1, -0.05) is 44.2 Å². The van der Waals surface area contributed by atoms with Gasteiger partial charge in [-0.3, -0.25) is 0 Å². The molecule has 0 radical (unpaired) electrons. The van der Waals surface area contributed by atoms with Gasteiger partial charge < -0.3 is 28.2 Å². The largest absolute Gasteiger partial charge is 0.348 e. The van der Waals surface area contributed by atoms with E-state index in [1.165, 1.54) is 5.30 Å². The van der Waals surface area contributed by atoms with E-state index in [2.05, 4.69) is 38.1 Å². The SMILES string of the molecule is CC(C)CP(O[C@@H]1[C@H]2OC(C)(C)O[C@H]2O[C@@H]1[C@H]1COC(C)(C)O1)c1ccccc1. The highest BCUT2D eigenvalue weighted by Crippen LogP contribution is 2.48. The number of fused-ring (bicyclic) bond motifs is 1. The quantitative estimate of drug-likeness (QED) is 0.648. The molecule has 1 aromatic rings. The Morgan fingerprint density at radius 2 is 1.72 bits per heavy atom. The van der Waals surface area contributed by atoms with Gasteiger partial charge >= 0.3 is 0 Å². The molecule has 0 bridgehead atoms. The lowest BCUT2D eigenvalue weighted by Crippen LogP contribution is -2.44. The summed E-state index contributed by atoms with van der Waals surface area (Å²) >= 11 is 0. The average molecular weight is 424 g/mol. The van der Waals surface area contributed by atoms with E-state index >= 15 is 0 Å². The zero-order valence-electron chi connectivity index (χ0n) is 18.2. The number of hydrogen-bond acceptors (Lipinski definition) is 6. The second-order valence-electron chi connectivity index (χ2n) is 9.30. The summed E-state index contributed by atoms with van der Waals surface area (Å²) in [5.41, 5.74) is 0. The fraction of sp³-hybridized carbons (Fsp3) is 0.727. The Hall–Kier alpha value is -0.590. The third-order valence-electron chi connectivity index (χ3n) is 5.25. The Labute approximate surface area is 175 Å². The highest BCUT2D eigenvalue weighted by Gasteiger charge is 2.59. The van der Waals surface area contributed by atoms with Crippen molar-refractivity contribution in [1.82, 2.24) is 0 Å². The maximum atomic E-state index is 6.81. The molecule has 162 valence electrons. The summed E-state index contributed by atoms with van der Waals surface area (Å²) in [5, 5.41) is 1.22. The molecule has 3 aliphatic heterocycles. The molecule has 0 saturated carbocycles. The summed E-state index contributed by atoms with van der Waals surface area (Å²) in [6.45, 7) is 12.6. The lowest BCUT2D eigenvalue weighted by Gasteiger charge is -2.32. The average Bonchev–Trinajstić information content (AvgIpc) is 3.24. The van der Waals surface area contributed by atoms with Gasteiger partial charge in [-0.25, -0.2) is 0 Å². The Morgan fingerprint density at radius 1 is 1.00 bits per heavy atom. The van der Waals surface area contributed by atoms with E-state index in [4.69, 9.17) is 28.2 Å². The molecule has 6 nitrogen and oxygen atoms in total. The van der Waals surface area contributed by atoms with E-state index in [1.54, 1.807) is 0 Å². The Balaban J connectivity index is 1.59. The zero-order chi connectivity index (χ0) is 20.8. The van der Waals surface area contributed by atoms with Crippen molar-refractivity contribution in [2.24, 2.45) is 5.92 Å². The molecule has 4 rings (SSSR count). The van der Waals surface area contributed by atoms with Crippen LogP contribution in [0.25, 0.3) is 0 Å². The standard InChI is InChI=1S/C22H33O6P/c1-14(2)13-29(15-10-8-7-9-11-15)28-18-17(16-12-23-21(3,4)25-16)24-20-19(18)26-22(5,6)27-20/h7-11,14,16-20H,12-13H2,1-6H3/t16-,17-,18+,19-,20-,29?/m1/s1.